The minimum atomic E-state index is -0.437. The summed E-state index contributed by atoms with van der Waals surface area (Å²) in [5.41, 5.74) is 5.64. The molecule has 2 aromatic rings. The summed E-state index contributed by atoms with van der Waals surface area (Å²) in [7, 11) is 0. The van der Waals surface area contributed by atoms with Crippen LogP contribution in [-0.2, 0) is 0 Å². The zero-order valence-corrected chi connectivity index (χ0v) is 11.1. The molecule has 20 heavy (non-hydrogen) atoms. The van der Waals surface area contributed by atoms with E-state index in [1.165, 1.54) is 0 Å². The highest BCUT2D eigenvalue weighted by Crippen LogP contribution is 2.12. The van der Waals surface area contributed by atoms with Gasteiger partial charge in [-0.15, -0.1) is 0 Å². The number of benzene rings is 2. The summed E-state index contributed by atoms with van der Waals surface area (Å²) in [4.78, 5) is 10.9. The molecule has 2 aromatic carbocycles. The molecule has 0 aliphatic rings. The maximum Gasteiger partial charge on any atom is 0.248 e. The van der Waals surface area contributed by atoms with Gasteiger partial charge in [0.05, 0.1) is 13.2 Å². The normalized spacial score (nSPS) is 10.0. The van der Waals surface area contributed by atoms with E-state index < -0.39 is 5.91 Å². The molecule has 0 spiro atoms. The molecule has 0 saturated heterocycles. The maximum absolute atomic E-state index is 10.9. The lowest BCUT2D eigenvalue weighted by Gasteiger charge is -2.08. The van der Waals surface area contributed by atoms with Gasteiger partial charge in [-0.3, -0.25) is 4.79 Å². The van der Waals surface area contributed by atoms with Crippen molar-refractivity contribution < 1.29 is 14.3 Å². The fourth-order valence-electron chi connectivity index (χ4n) is 1.67. The monoisotopic (exact) mass is 271 g/mol. The first-order valence-electron chi connectivity index (χ1n) is 6.46. The average Bonchev–Trinajstić information content (AvgIpc) is 2.48. The Morgan fingerprint density at radius 3 is 1.95 bits per heavy atom. The SMILES string of the molecule is NC(=O)c1ccc(OCCCOc2ccccc2)cc1. The summed E-state index contributed by atoms with van der Waals surface area (Å²) in [6.45, 7) is 1.16. The molecule has 0 atom stereocenters. The molecule has 0 unspecified atom stereocenters. The van der Waals surface area contributed by atoms with Crippen LogP contribution in [0.2, 0.25) is 0 Å². The van der Waals surface area contributed by atoms with Crippen molar-refractivity contribution >= 4 is 5.91 Å². The van der Waals surface area contributed by atoms with Crippen LogP contribution in [0.1, 0.15) is 16.8 Å². The van der Waals surface area contributed by atoms with Crippen molar-refractivity contribution in [1.82, 2.24) is 0 Å². The van der Waals surface area contributed by atoms with Gasteiger partial charge >= 0.3 is 0 Å². The van der Waals surface area contributed by atoms with E-state index in [1.54, 1.807) is 24.3 Å². The van der Waals surface area contributed by atoms with Crippen molar-refractivity contribution in [2.75, 3.05) is 13.2 Å². The highest BCUT2D eigenvalue weighted by atomic mass is 16.5. The summed E-state index contributed by atoms with van der Waals surface area (Å²) in [5, 5.41) is 0. The van der Waals surface area contributed by atoms with Crippen molar-refractivity contribution in [1.29, 1.82) is 0 Å². The lowest BCUT2D eigenvalue weighted by molar-refractivity contribution is 0.100. The summed E-state index contributed by atoms with van der Waals surface area (Å²) in [5.74, 6) is 1.14. The van der Waals surface area contributed by atoms with Crippen molar-refractivity contribution in [2.24, 2.45) is 5.73 Å². The van der Waals surface area contributed by atoms with Crippen LogP contribution < -0.4 is 15.2 Å². The van der Waals surface area contributed by atoms with Crippen LogP contribution in [0.3, 0.4) is 0 Å². The van der Waals surface area contributed by atoms with Crippen molar-refractivity contribution in [3.8, 4) is 11.5 Å². The predicted octanol–water partition coefficient (Wildman–Crippen LogP) is 2.63. The highest BCUT2D eigenvalue weighted by Gasteiger charge is 2.00. The van der Waals surface area contributed by atoms with E-state index in [9.17, 15) is 4.79 Å². The van der Waals surface area contributed by atoms with Crippen molar-refractivity contribution in [3.05, 3.63) is 60.2 Å². The van der Waals surface area contributed by atoms with Gasteiger partial charge in [-0.2, -0.15) is 0 Å². The van der Waals surface area contributed by atoms with E-state index in [1.807, 2.05) is 30.3 Å². The average molecular weight is 271 g/mol. The van der Waals surface area contributed by atoms with Crippen LogP contribution in [-0.4, -0.2) is 19.1 Å². The number of hydrogen-bond donors (Lipinski definition) is 1. The topological polar surface area (TPSA) is 61.6 Å². The number of rotatable bonds is 7. The largest absolute Gasteiger partial charge is 0.493 e. The zero-order valence-electron chi connectivity index (χ0n) is 11.1. The van der Waals surface area contributed by atoms with Gasteiger partial charge in [-0.25, -0.2) is 0 Å². The summed E-state index contributed by atoms with van der Waals surface area (Å²) in [6.07, 6.45) is 0.784. The van der Waals surface area contributed by atoms with Crippen LogP contribution in [0.4, 0.5) is 0 Å². The Labute approximate surface area is 118 Å². The molecule has 0 aliphatic heterocycles. The molecule has 104 valence electrons. The van der Waals surface area contributed by atoms with Gasteiger partial charge in [-0.05, 0) is 36.4 Å². The van der Waals surface area contributed by atoms with E-state index in [0.717, 1.165) is 17.9 Å². The third-order valence-corrected chi connectivity index (χ3v) is 2.71. The number of carbonyl (C=O) groups excluding carboxylic acids is 1. The third kappa shape index (κ3) is 4.31. The van der Waals surface area contributed by atoms with Crippen molar-refractivity contribution in [3.63, 3.8) is 0 Å². The number of carbonyl (C=O) groups is 1. The van der Waals surface area contributed by atoms with E-state index >= 15 is 0 Å². The molecular formula is C16H17NO3. The Hall–Kier alpha value is -2.49. The number of ether oxygens (including phenoxy) is 2. The fourth-order valence-corrected chi connectivity index (χ4v) is 1.67. The lowest BCUT2D eigenvalue weighted by Crippen LogP contribution is -2.10. The number of primary amides is 1. The highest BCUT2D eigenvalue weighted by molar-refractivity contribution is 5.92. The van der Waals surface area contributed by atoms with Crippen LogP contribution in [0.15, 0.2) is 54.6 Å². The first-order chi connectivity index (χ1) is 9.75. The molecule has 2 rings (SSSR count). The van der Waals surface area contributed by atoms with Crippen LogP contribution in [0, 0.1) is 0 Å². The molecule has 0 heterocycles. The van der Waals surface area contributed by atoms with E-state index in [4.69, 9.17) is 15.2 Å². The summed E-state index contributed by atoms with van der Waals surface area (Å²) >= 11 is 0. The van der Waals surface area contributed by atoms with Gasteiger partial charge < -0.3 is 15.2 Å². The molecule has 2 N–H and O–H groups in total. The second kappa shape index (κ2) is 7.19. The summed E-state index contributed by atoms with van der Waals surface area (Å²) < 4.78 is 11.1. The number of hydrogen-bond acceptors (Lipinski definition) is 3. The maximum atomic E-state index is 10.9. The second-order valence-corrected chi connectivity index (χ2v) is 4.25. The molecule has 4 nitrogen and oxygen atoms in total. The summed E-state index contributed by atoms with van der Waals surface area (Å²) in [6, 6.07) is 16.4. The first-order valence-corrected chi connectivity index (χ1v) is 6.46. The Morgan fingerprint density at radius 1 is 0.850 bits per heavy atom. The minimum absolute atomic E-state index is 0.437. The van der Waals surface area contributed by atoms with Gasteiger partial charge in [0.1, 0.15) is 11.5 Å². The zero-order chi connectivity index (χ0) is 14.2. The molecule has 4 heteroatoms. The van der Waals surface area contributed by atoms with Gasteiger partial charge in [0, 0.05) is 12.0 Å². The minimum Gasteiger partial charge on any atom is -0.493 e. The molecule has 0 aromatic heterocycles. The lowest BCUT2D eigenvalue weighted by atomic mass is 10.2. The fraction of sp³-hybridized carbons (Fsp3) is 0.188. The number of nitrogens with two attached hydrogens (primary N) is 1. The Balaban J connectivity index is 1.67. The third-order valence-electron chi connectivity index (χ3n) is 2.71. The van der Waals surface area contributed by atoms with E-state index in [0.29, 0.717) is 18.8 Å². The van der Waals surface area contributed by atoms with Gasteiger partial charge in [0.15, 0.2) is 0 Å². The Bertz CT molecular complexity index is 537. The van der Waals surface area contributed by atoms with E-state index in [2.05, 4.69) is 0 Å². The molecule has 1 amide bonds. The first kappa shape index (κ1) is 13.9. The molecule has 0 saturated carbocycles. The van der Waals surface area contributed by atoms with E-state index in [-0.39, 0.29) is 0 Å². The van der Waals surface area contributed by atoms with Crippen LogP contribution in [0.5, 0.6) is 11.5 Å². The number of amides is 1. The quantitative estimate of drug-likeness (QED) is 0.787. The molecule has 0 aliphatic carbocycles. The van der Waals surface area contributed by atoms with Gasteiger partial charge in [0.2, 0.25) is 5.91 Å². The smallest absolute Gasteiger partial charge is 0.248 e. The second-order valence-electron chi connectivity index (χ2n) is 4.25. The predicted molar refractivity (Wildman–Crippen MR) is 77.0 cm³/mol. The number of para-hydroxylation sites is 1. The molecular weight excluding hydrogens is 254 g/mol. The standard InChI is InChI=1S/C16H17NO3/c17-16(18)13-7-9-15(10-8-13)20-12-4-11-19-14-5-2-1-3-6-14/h1-3,5-10H,4,11-12H2,(H2,17,18). The molecule has 0 radical (unpaired) electrons. The molecule has 0 bridgehead atoms. The Morgan fingerprint density at radius 2 is 1.40 bits per heavy atom. The van der Waals surface area contributed by atoms with Gasteiger partial charge in [-0.1, -0.05) is 18.2 Å². The van der Waals surface area contributed by atoms with Crippen LogP contribution in [0.25, 0.3) is 0 Å². The Kier molecular flexibility index (Phi) is 5.00. The van der Waals surface area contributed by atoms with Gasteiger partial charge in [0.25, 0.3) is 0 Å². The van der Waals surface area contributed by atoms with Crippen molar-refractivity contribution in [2.45, 2.75) is 6.42 Å². The van der Waals surface area contributed by atoms with Crippen LogP contribution >= 0.6 is 0 Å². The molecule has 0 fully saturated rings.